The van der Waals surface area contributed by atoms with Crippen LogP contribution < -0.4 is 0 Å². The summed E-state index contributed by atoms with van der Waals surface area (Å²) in [5.74, 6) is 0.878. The van der Waals surface area contributed by atoms with E-state index in [1.54, 1.807) is 0 Å². The predicted octanol–water partition coefficient (Wildman–Crippen LogP) is 2.34. The lowest BCUT2D eigenvalue weighted by atomic mass is 10.2. The number of hydrogen-bond acceptors (Lipinski definition) is 2. The van der Waals surface area contributed by atoms with Gasteiger partial charge in [0.1, 0.15) is 0 Å². The molecule has 58 valence electrons. The van der Waals surface area contributed by atoms with Gasteiger partial charge >= 0.3 is 0 Å². The lowest BCUT2D eigenvalue weighted by Gasteiger charge is -1.95. The van der Waals surface area contributed by atoms with Gasteiger partial charge in [0.05, 0.1) is 0 Å². The maximum absolute atomic E-state index is 4.28. The van der Waals surface area contributed by atoms with Crippen molar-refractivity contribution in [1.29, 1.82) is 0 Å². The average Bonchev–Trinajstić information content (AvgIpc) is 1.90. The van der Waals surface area contributed by atoms with Crippen molar-refractivity contribution in [2.75, 3.05) is 12.3 Å². The fourth-order valence-corrected chi connectivity index (χ4v) is 0.954. The van der Waals surface area contributed by atoms with E-state index >= 15 is 0 Å². The van der Waals surface area contributed by atoms with Crippen molar-refractivity contribution in [1.82, 2.24) is 0 Å². The van der Waals surface area contributed by atoms with Gasteiger partial charge in [-0.15, -0.1) is 0 Å². The van der Waals surface area contributed by atoms with Crippen molar-refractivity contribution in [3.8, 4) is 0 Å². The SMILES string of the molecule is C/C=C\C(CCS)=NCC. The molecule has 0 N–H and O–H groups in total. The van der Waals surface area contributed by atoms with Gasteiger partial charge in [0.15, 0.2) is 0 Å². The number of thiol groups is 1. The highest BCUT2D eigenvalue weighted by Gasteiger charge is 1.88. The van der Waals surface area contributed by atoms with Gasteiger partial charge in [0.25, 0.3) is 0 Å². The molecule has 0 fully saturated rings. The van der Waals surface area contributed by atoms with Crippen LogP contribution in [0.15, 0.2) is 17.1 Å². The second-order valence-electron chi connectivity index (χ2n) is 1.94. The zero-order chi connectivity index (χ0) is 7.82. The third-order valence-corrected chi connectivity index (χ3v) is 1.31. The summed E-state index contributed by atoms with van der Waals surface area (Å²) in [6, 6.07) is 0. The molecule has 0 aliphatic heterocycles. The highest BCUT2D eigenvalue weighted by Crippen LogP contribution is 1.92. The van der Waals surface area contributed by atoms with Crippen LogP contribution >= 0.6 is 12.6 Å². The van der Waals surface area contributed by atoms with Crippen molar-refractivity contribution in [3.05, 3.63) is 12.2 Å². The van der Waals surface area contributed by atoms with Gasteiger partial charge in [0, 0.05) is 12.3 Å². The van der Waals surface area contributed by atoms with E-state index in [-0.39, 0.29) is 0 Å². The Bertz CT molecular complexity index is 127. The van der Waals surface area contributed by atoms with Gasteiger partial charge in [0.2, 0.25) is 0 Å². The Morgan fingerprint density at radius 1 is 1.60 bits per heavy atom. The first kappa shape index (κ1) is 9.76. The van der Waals surface area contributed by atoms with Crippen LogP contribution in [-0.2, 0) is 0 Å². The zero-order valence-corrected chi connectivity index (χ0v) is 7.56. The van der Waals surface area contributed by atoms with Crippen molar-refractivity contribution in [2.24, 2.45) is 4.99 Å². The molecule has 0 unspecified atom stereocenters. The van der Waals surface area contributed by atoms with E-state index in [1.807, 2.05) is 26.0 Å². The Balaban J connectivity index is 3.84. The molecule has 0 aliphatic rings. The summed E-state index contributed by atoms with van der Waals surface area (Å²) in [6.07, 6.45) is 5.03. The Hall–Kier alpha value is -0.240. The number of allylic oxidation sites excluding steroid dienone is 2. The van der Waals surface area contributed by atoms with E-state index in [2.05, 4.69) is 17.6 Å². The quantitative estimate of drug-likeness (QED) is 0.475. The van der Waals surface area contributed by atoms with Crippen molar-refractivity contribution in [3.63, 3.8) is 0 Å². The summed E-state index contributed by atoms with van der Waals surface area (Å²) in [5, 5.41) is 0. The molecular weight excluding hydrogens is 142 g/mol. The molecule has 0 radical (unpaired) electrons. The first-order chi connectivity index (χ1) is 4.85. The minimum atomic E-state index is 0.869. The molecule has 2 heteroatoms. The summed E-state index contributed by atoms with van der Waals surface area (Å²) in [4.78, 5) is 4.28. The molecule has 0 saturated heterocycles. The minimum Gasteiger partial charge on any atom is -0.290 e. The fourth-order valence-electron chi connectivity index (χ4n) is 0.725. The molecule has 0 bridgehead atoms. The Morgan fingerprint density at radius 2 is 2.30 bits per heavy atom. The lowest BCUT2D eigenvalue weighted by Crippen LogP contribution is -1.95. The van der Waals surface area contributed by atoms with Crippen LogP contribution in [0.1, 0.15) is 20.3 Å². The van der Waals surface area contributed by atoms with Crippen molar-refractivity contribution < 1.29 is 0 Å². The molecule has 0 aromatic heterocycles. The van der Waals surface area contributed by atoms with Gasteiger partial charge in [-0.05, 0) is 32.1 Å². The minimum absolute atomic E-state index is 0.869. The second-order valence-corrected chi connectivity index (χ2v) is 2.39. The molecule has 0 amide bonds. The Labute approximate surface area is 68.7 Å². The molecule has 0 aromatic rings. The smallest absolute Gasteiger partial charge is 0.0364 e. The van der Waals surface area contributed by atoms with Crippen molar-refractivity contribution >= 4 is 18.3 Å². The van der Waals surface area contributed by atoms with Gasteiger partial charge in [-0.1, -0.05) is 6.08 Å². The summed E-state index contributed by atoms with van der Waals surface area (Å²) in [6.45, 7) is 4.92. The molecule has 0 atom stereocenters. The summed E-state index contributed by atoms with van der Waals surface area (Å²) < 4.78 is 0. The predicted molar refractivity (Wildman–Crippen MR) is 51.3 cm³/mol. The standard InChI is InChI=1S/C8H15NS/c1-3-5-8(6-7-10)9-4-2/h3,5,10H,4,6-7H2,1-2H3/b5-3-,9-8?. The molecule has 0 spiro atoms. The first-order valence-corrected chi connectivity index (χ1v) is 4.25. The molecule has 0 rings (SSSR count). The largest absolute Gasteiger partial charge is 0.290 e. The van der Waals surface area contributed by atoms with Crippen LogP contribution in [0, 0.1) is 0 Å². The highest BCUT2D eigenvalue weighted by atomic mass is 32.1. The van der Waals surface area contributed by atoms with Gasteiger partial charge in [-0.2, -0.15) is 12.6 Å². The normalized spacial score (nSPS) is 12.9. The number of hydrogen-bond donors (Lipinski definition) is 1. The summed E-state index contributed by atoms with van der Waals surface area (Å²) in [5.41, 5.74) is 1.15. The third kappa shape index (κ3) is 4.62. The molecule has 0 saturated carbocycles. The molecular formula is C8H15NS. The Kier molecular flexibility index (Phi) is 6.71. The molecule has 0 heterocycles. The monoisotopic (exact) mass is 157 g/mol. The number of nitrogens with zero attached hydrogens (tertiary/aromatic N) is 1. The van der Waals surface area contributed by atoms with Crippen LogP contribution in [0.3, 0.4) is 0 Å². The van der Waals surface area contributed by atoms with Crippen LogP contribution in [0.25, 0.3) is 0 Å². The zero-order valence-electron chi connectivity index (χ0n) is 6.67. The molecule has 0 aliphatic carbocycles. The van der Waals surface area contributed by atoms with Crippen LogP contribution in [-0.4, -0.2) is 18.0 Å². The van der Waals surface area contributed by atoms with E-state index in [1.165, 1.54) is 0 Å². The summed E-state index contributed by atoms with van der Waals surface area (Å²) in [7, 11) is 0. The van der Waals surface area contributed by atoms with E-state index in [0.29, 0.717) is 0 Å². The van der Waals surface area contributed by atoms with Crippen LogP contribution in [0.2, 0.25) is 0 Å². The van der Waals surface area contributed by atoms with Gasteiger partial charge < -0.3 is 0 Å². The van der Waals surface area contributed by atoms with E-state index < -0.39 is 0 Å². The number of rotatable bonds is 4. The highest BCUT2D eigenvalue weighted by molar-refractivity contribution is 7.80. The van der Waals surface area contributed by atoms with Crippen molar-refractivity contribution in [2.45, 2.75) is 20.3 Å². The third-order valence-electron chi connectivity index (χ3n) is 1.09. The first-order valence-electron chi connectivity index (χ1n) is 3.62. The average molecular weight is 157 g/mol. The van der Waals surface area contributed by atoms with Crippen LogP contribution in [0.4, 0.5) is 0 Å². The maximum atomic E-state index is 4.28. The van der Waals surface area contributed by atoms with E-state index in [0.717, 1.165) is 24.4 Å². The molecule has 1 nitrogen and oxygen atoms in total. The summed E-state index contributed by atoms with van der Waals surface area (Å²) >= 11 is 4.13. The van der Waals surface area contributed by atoms with E-state index in [4.69, 9.17) is 0 Å². The topological polar surface area (TPSA) is 12.4 Å². The Morgan fingerprint density at radius 3 is 2.70 bits per heavy atom. The number of aliphatic imine (C=N–C) groups is 1. The molecule has 10 heavy (non-hydrogen) atoms. The van der Waals surface area contributed by atoms with Crippen LogP contribution in [0.5, 0.6) is 0 Å². The van der Waals surface area contributed by atoms with E-state index in [9.17, 15) is 0 Å². The van der Waals surface area contributed by atoms with Gasteiger partial charge in [-0.3, -0.25) is 4.99 Å². The van der Waals surface area contributed by atoms with Gasteiger partial charge in [-0.25, -0.2) is 0 Å². The fraction of sp³-hybridized carbons (Fsp3) is 0.625. The maximum Gasteiger partial charge on any atom is 0.0364 e. The second kappa shape index (κ2) is 6.87. The molecule has 0 aromatic carbocycles. The lowest BCUT2D eigenvalue weighted by molar-refractivity contribution is 1.11.